The van der Waals surface area contributed by atoms with E-state index in [0.29, 0.717) is 6.04 Å². The van der Waals surface area contributed by atoms with Crippen LogP contribution in [-0.2, 0) is 6.54 Å². The van der Waals surface area contributed by atoms with E-state index in [-0.39, 0.29) is 0 Å². The molecule has 2 heteroatoms. The van der Waals surface area contributed by atoms with Crippen LogP contribution in [0.1, 0.15) is 24.1 Å². The van der Waals surface area contributed by atoms with E-state index >= 15 is 0 Å². The number of rotatable bonds is 4. The molecule has 0 aliphatic carbocycles. The first-order valence-corrected chi connectivity index (χ1v) is 6.57. The van der Waals surface area contributed by atoms with Crippen molar-refractivity contribution in [2.24, 2.45) is 0 Å². The Morgan fingerprint density at radius 3 is 2.74 bits per heavy atom. The monoisotopic (exact) mass is 251 g/mol. The van der Waals surface area contributed by atoms with Crippen LogP contribution in [0.2, 0.25) is 0 Å². The van der Waals surface area contributed by atoms with Gasteiger partial charge in [-0.05, 0) is 29.3 Å². The van der Waals surface area contributed by atoms with Crippen molar-refractivity contribution in [3.8, 4) is 0 Å². The number of nitrogens with one attached hydrogen (secondary N) is 1. The predicted molar refractivity (Wildman–Crippen MR) is 77.9 cm³/mol. The number of benzene rings is 2. The van der Waals surface area contributed by atoms with Gasteiger partial charge in [-0.1, -0.05) is 42.5 Å². The summed E-state index contributed by atoms with van der Waals surface area (Å²) < 4.78 is 5.08. The van der Waals surface area contributed by atoms with Crippen LogP contribution < -0.4 is 5.32 Å². The van der Waals surface area contributed by atoms with Gasteiger partial charge in [0.1, 0.15) is 0 Å². The van der Waals surface area contributed by atoms with Crippen LogP contribution >= 0.6 is 0 Å². The molecule has 0 saturated heterocycles. The highest BCUT2D eigenvalue weighted by Crippen LogP contribution is 2.24. The lowest BCUT2D eigenvalue weighted by molar-refractivity contribution is 0.548. The molecule has 1 heterocycles. The Kier molecular flexibility index (Phi) is 3.34. The summed E-state index contributed by atoms with van der Waals surface area (Å²) in [5, 5.41) is 6.14. The summed E-state index contributed by atoms with van der Waals surface area (Å²) in [7, 11) is 0. The van der Waals surface area contributed by atoms with E-state index in [0.717, 1.165) is 6.54 Å². The van der Waals surface area contributed by atoms with Crippen molar-refractivity contribution < 1.29 is 4.42 Å². The maximum atomic E-state index is 5.08. The minimum absolute atomic E-state index is 0.306. The fraction of sp³-hybridized carbons (Fsp3) is 0.176. The molecule has 0 aliphatic rings. The molecule has 0 aliphatic heterocycles. The quantitative estimate of drug-likeness (QED) is 0.748. The second kappa shape index (κ2) is 5.29. The van der Waals surface area contributed by atoms with Crippen molar-refractivity contribution in [3.63, 3.8) is 0 Å². The Morgan fingerprint density at radius 2 is 1.89 bits per heavy atom. The minimum Gasteiger partial charge on any atom is -0.472 e. The molecule has 1 aromatic heterocycles. The molecular formula is C17H17NO. The lowest BCUT2D eigenvalue weighted by Gasteiger charge is -2.16. The molecule has 19 heavy (non-hydrogen) atoms. The molecule has 0 spiro atoms. The van der Waals surface area contributed by atoms with Crippen LogP contribution in [0, 0.1) is 0 Å². The highest BCUT2D eigenvalue weighted by atomic mass is 16.3. The maximum Gasteiger partial charge on any atom is 0.0947 e. The summed E-state index contributed by atoms with van der Waals surface area (Å²) in [5.74, 6) is 0. The standard InChI is InChI=1S/C17H17NO/c1-13(18-11-14-9-10-19-12-14)16-8-4-6-15-5-2-3-7-17(15)16/h2-10,12-13,18H,11H2,1H3. The summed E-state index contributed by atoms with van der Waals surface area (Å²) in [6.45, 7) is 3.02. The largest absolute Gasteiger partial charge is 0.472 e. The first-order chi connectivity index (χ1) is 9.34. The molecule has 1 unspecified atom stereocenters. The van der Waals surface area contributed by atoms with Crippen molar-refractivity contribution in [3.05, 3.63) is 72.2 Å². The molecule has 3 aromatic rings. The van der Waals surface area contributed by atoms with Crippen LogP contribution in [0.4, 0.5) is 0 Å². The fourth-order valence-electron chi connectivity index (χ4n) is 2.40. The van der Waals surface area contributed by atoms with Crippen molar-refractivity contribution >= 4 is 10.8 Å². The molecule has 96 valence electrons. The first kappa shape index (κ1) is 12.0. The van der Waals surface area contributed by atoms with Gasteiger partial charge in [-0.3, -0.25) is 0 Å². The van der Waals surface area contributed by atoms with E-state index in [1.54, 1.807) is 12.5 Å². The van der Waals surface area contributed by atoms with Gasteiger partial charge in [0.25, 0.3) is 0 Å². The second-order valence-corrected chi connectivity index (χ2v) is 4.80. The lowest BCUT2D eigenvalue weighted by Crippen LogP contribution is -2.17. The van der Waals surface area contributed by atoms with E-state index in [4.69, 9.17) is 4.42 Å². The van der Waals surface area contributed by atoms with E-state index in [9.17, 15) is 0 Å². The zero-order chi connectivity index (χ0) is 13.1. The molecule has 3 rings (SSSR count). The van der Waals surface area contributed by atoms with Gasteiger partial charge >= 0.3 is 0 Å². The Hall–Kier alpha value is -2.06. The van der Waals surface area contributed by atoms with Gasteiger partial charge < -0.3 is 9.73 Å². The molecule has 1 N–H and O–H groups in total. The predicted octanol–water partition coefficient (Wildman–Crippen LogP) is 4.28. The third-order valence-electron chi connectivity index (χ3n) is 3.48. The third-order valence-corrected chi connectivity index (χ3v) is 3.48. The van der Waals surface area contributed by atoms with E-state index in [1.807, 2.05) is 6.07 Å². The van der Waals surface area contributed by atoms with Crippen molar-refractivity contribution in [2.45, 2.75) is 19.5 Å². The Balaban J connectivity index is 1.83. The topological polar surface area (TPSA) is 25.2 Å². The summed E-state index contributed by atoms with van der Waals surface area (Å²) in [4.78, 5) is 0. The van der Waals surface area contributed by atoms with E-state index < -0.39 is 0 Å². The zero-order valence-electron chi connectivity index (χ0n) is 11.0. The molecule has 2 aromatic carbocycles. The smallest absolute Gasteiger partial charge is 0.0947 e. The van der Waals surface area contributed by atoms with Crippen LogP contribution in [0.3, 0.4) is 0 Å². The first-order valence-electron chi connectivity index (χ1n) is 6.57. The van der Waals surface area contributed by atoms with Crippen LogP contribution in [0.15, 0.2) is 65.5 Å². The van der Waals surface area contributed by atoms with Crippen molar-refractivity contribution in [2.75, 3.05) is 0 Å². The van der Waals surface area contributed by atoms with Gasteiger partial charge in [-0.2, -0.15) is 0 Å². The number of furan rings is 1. The lowest BCUT2D eigenvalue weighted by atomic mass is 9.99. The zero-order valence-corrected chi connectivity index (χ0v) is 11.0. The van der Waals surface area contributed by atoms with Gasteiger partial charge in [0.2, 0.25) is 0 Å². The second-order valence-electron chi connectivity index (χ2n) is 4.80. The van der Waals surface area contributed by atoms with Gasteiger partial charge in [-0.15, -0.1) is 0 Å². The summed E-state index contributed by atoms with van der Waals surface area (Å²) in [6, 6.07) is 17.3. The average molecular weight is 251 g/mol. The Labute approximate surface area is 113 Å². The summed E-state index contributed by atoms with van der Waals surface area (Å²) in [5.41, 5.74) is 2.51. The summed E-state index contributed by atoms with van der Waals surface area (Å²) in [6.07, 6.45) is 3.49. The van der Waals surface area contributed by atoms with E-state index in [1.165, 1.54) is 21.9 Å². The summed E-state index contributed by atoms with van der Waals surface area (Å²) >= 11 is 0. The van der Waals surface area contributed by atoms with Gasteiger partial charge in [-0.25, -0.2) is 0 Å². The van der Waals surface area contributed by atoms with Crippen LogP contribution in [0.5, 0.6) is 0 Å². The molecular weight excluding hydrogens is 234 g/mol. The van der Waals surface area contributed by atoms with Gasteiger partial charge in [0.15, 0.2) is 0 Å². The van der Waals surface area contributed by atoms with Gasteiger partial charge in [0, 0.05) is 18.2 Å². The van der Waals surface area contributed by atoms with Crippen molar-refractivity contribution in [1.82, 2.24) is 5.32 Å². The van der Waals surface area contributed by atoms with Gasteiger partial charge in [0.05, 0.1) is 12.5 Å². The minimum atomic E-state index is 0.306. The van der Waals surface area contributed by atoms with E-state index in [2.05, 4.69) is 54.7 Å². The molecule has 2 nitrogen and oxygen atoms in total. The number of hydrogen-bond donors (Lipinski definition) is 1. The highest BCUT2D eigenvalue weighted by molar-refractivity contribution is 5.86. The SMILES string of the molecule is CC(NCc1ccoc1)c1cccc2ccccc12. The third kappa shape index (κ3) is 2.54. The Bertz CT molecular complexity index is 653. The highest BCUT2D eigenvalue weighted by Gasteiger charge is 2.08. The van der Waals surface area contributed by atoms with Crippen LogP contribution in [-0.4, -0.2) is 0 Å². The number of fused-ring (bicyclic) bond motifs is 1. The van der Waals surface area contributed by atoms with Crippen molar-refractivity contribution in [1.29, 1.82) is 0 Å². The number of hydrogen-bond acceptors (Lipinski definition) is 2. The van der Waals surface area contributed by atoms with Crippen LogP contribution in [0.25, 0.3) is 10.8 Å². The average Bonchev–Trinajstić information content (AvgIpc) is 2.97. The molecule has 0 radical (unpaired) electrons. The Morgan fingerprint density at radius 1 is 1.05 bits per heavy atom. The molecule has 0 bridgehead atoms. The normalized spacial score (nSPS) is 12.7. The molecule has 0 amide bonds. The molecule has 0 saturated carbocycles. The maximum absolute atomic E-state index is 5.08. The fourth-order valence-corrected chi connectivity index (χ4v) is 2.40. The molecule has 1 atom stereocenters. The molecule has 0 fully saturated rings.